The number of carbonyl (C=O) groups excluding carboxylic acids is 1. The molecule has 5 heteroatoms. The van der Waals surface area contributed by atoms with Crippen LogP contribution in [0.25, 0.3) is 0 Å². The van der Waals surface area contributed by atoms with Crippen LogP contribution in [0.15, 0.2) is 22.7 Å². The molecule has 1 aliphatic rings. The average molecular weight is 336 g/mol. The van der Waals surface area contributed by atoms with Gasteiger partial charge in [-0.25, -0.2) is 0 Å². The van der Waals surface area contributed by atoms with E-state index in [4.69, 9.17) is 5.26 Å². The number of hydrogen-bond acceptors (Lipinski definition) is 3. The van der Waals surface area contributed by atoms with Gasteiger partial charge in [0, 0.05) is 29.8 Å². The molecule has 2 atom stereocenters. The molecule has 20 heavy (non-hydrogen) atoms. The molecule has 2 unspecified atom stereocenters. The van der Waals surface area contributed by atoms with Crippen molar-refractivity contribution in [3.8, 4) is 6.07 Å². The fourth-order valence-corrected chi connectivity index (χ4v) is 2.74. The first-order valence-electron chi connectivity index (χ1n) is 6.62. The van der Waals surface area contributed by atoms with Crippen molar-refractivity contribution in [1.82, 2.24) is 4.90 Å². The predicted molar refractivity (Wildman–Crippen MR) is 82.5 cm³/mol. The number of carbonyl (C=O) groups is 1. The summed E-state index contributed by atoms with van der Waals surface area (Å²) in [6, 6.07) is 7.92. The van der Waals surface area contributed by atoms with Gasteiger partial charge >= 0.3 is 0 Å². The van der Waals surface area contributed by atoms with Gasteiger partial charge in [-0.2, -0.15) is 5.26 Å². The Kier molecular flexibility index (Phi) is 4.34. The van der Waals surface area contributed by atoms with Gasteiger partial charge in [0.15, 0.2) is 0 Å². The van der Waals surface area contributed by atoms with E-state index in [-0.39, 0.29) is 24.4 Å². The van der Waals surface area contributed by atoms with Crippen molar-refractivity contribution in [2.24, 2.45) is 0 Å². The molecule has 4 nitrogen and oxygen atoms in total. The fourth-order valence-electron chi connectivity index (χ4n) is 2.50. The highest BCUT2D eigenvalue weighted by Gasteiger charge is 2.36. The number of nitrogens with zero attached hydrogens (tertiary/aromatic N) is 3. The molecule has 0 aliphatic carbocycles. The molecule has 0 spiro atoms. The van der Waals surface area contributed by atoms with Crippen LogP contribution in [-0.2, 0) is 4.79 Å². The Labute approximate surface area is 128 Å². The van der Waals surface area contributed by atoms with Gasteiger partial charge < -0.3 is 9.80 Å². The summed E-state index contributed by atoms with van der Waals surface area (Å²) in [6.45, 7) is 4.79. The van der Waals surface area contributed by atoms with E-state index in [1.807, 2.05) is 33.0 Å². The van der Waals surface area contributed by atoms with Crippen molar-refractivity contribution in [2.45, 2.75) is 32.4 Å². The third kappa shape index (κ3) is 2.66. The monoisotopic (exact) mass is 335 g/mol. The highest BCUT2D eigenvalue weighted by molar-refractivity contribution is 9.10. The Morgan fingerprint density at radius 2 is 2.20 bits per heavy atom. The van der Waals surface area contributed by atoms with E-state index in [0.717, 1.165) is 22.3 Å². The number of halogens is 1. The van der Waals surface area contributed by atoms with Crippen LogP contribution in [-0.4, -0.2) is 36.5 Å². The van der Waals surface area contributed by atoms with Gasteiger partial charge in [-0.1, -0.05) is 15.9 Å². The second-order valence-electron chi connectivity index (χ2n) is 5.26. The summed E-state index contributed by atoms with van der Waals surface area (Å²) >= 11 is 3.49. The molecular weight excluding hydrogens is 318 g/mol. The molecule has 1 aromatic carbocycles. The molecule has 1 heterocycles. The van der Waals surface area contributed by atoms with Crippen molar-refractivity contribution in [2.75, 3.05) is 18.5 Å². The molecule has 1 aliphatic heterocycles. The number of anilines is 1. The summed E-state index contributed by atoms with van der Waals surface area (Å²) in [6.07, 6.45) is 0.213. The van der Waals surface area contributed by atoms with E-state index >= 15 is 0 Å². The molecule has 106 valence electrons. The fraction of sp³-hybridized carbons (Fsp3) is 0.467. The van der Waals surface area contributed by atoms with Crippen LogP contribution >= 0.6 is 15.9 Å². The zero-order chi connectivity index (χ0) is 14.9. The normalized spacial score (nSPS) is 22.9. The second-order valence-corrected chi connectivity index (χ2v) is 6.12. The number of likely N-dealkylation sites (N-methyl/N-ethyl adjacent to an activating group) is 1. The molecule has 0 bridgehead atoms. The predicted octanol–water partition coefficient (Wildman–Crippen LogP) is 2.71. The van der Waals surface area contributed by atoms with E-state index in [2.05, 4.69) is 33.0 Å². The van der Waals surface area contributed by atoms with Crippen molar-refractivity contribution >= 4 is 27.5 Å². The van der Waals surface area contributed by atoms with E-state index in [1.54, 1.807) is 4.90 Å². The van der Waals surface area contributed by atoms with Gasteiger partial charge in [-0.3, -0.25) is 4.79 Å². The Hall–Kier alpha value is -1.54. The Morgan fingerprint density at radius 3 is 2.80 bits per heavy atom. The minimum Gasteiger partial charge on any atom is -0.357 e. The van der Waals surface area contributed by atoms with Crippen molar-refractivity contribution < 1.29 is 4.79 Å². The summed E-state index contributed by atoms with van der Waals surface area (Å²) in [5.41, 5.74) is 2.12. The summed E-state index contributed by atoms with van der Waals surface area (Å²) in [7, 11) is 1.81. The average Bonchev–Trinajstić information content (AvgIpc) is 2.42. The highest BCUT2D eigenvalue weighted by atomic mass is 79.9. The maximum absolute atomic E-state index is 12.4. The van der Waals surface area contributed by atoms with Crippen LogP contribution in [0.1, 0.15) is 18.9 Å². The lowest BCUT2D eigenvalue weighted by molar-refractivity contribution is -0.134. The summed E-state index contributed by atoms with van der Waals surface area (Å²) < 4.78 is 1.05. The standard InChI is InChI=1S/C15H18BrN3O/c1-10-8-12(4-5-13(10)16)19-9-11(2)18(3)15(20)14(19)6-7-17/h4-5,8,11,14H,6,9H2,1-3H3. The minimum absolute atomic E-state index is 0.0193. The van der Waals surface area contributed by atoms with E-state index in [0.29, 0.717) is 0 Å². The SMILES string of the molecule is Cc1cc(N2CC(C)N(C)C(=O)C2CC#N)ccc1Br. The third-order valence-corrected chi connectivity index (χ3v) is 4.78. The number of rotatable bonds is 2. The van der Waals surface area contributed by atoms with Crippen molar-refractivity contribution in [1.29, 1.82) is 5.26 Å². The van der Waals surface area contributed by atoms with Crippen LogP contribution < -0.4 is 4.90 Å². The maximum Gasteiger partial charge on any atom is 0.246 e. The van der Waals surface area contributed by atoms with Gasteiger partial charge in [0.2, 0.25) is 5.91 Å². The molecule has 0 N–H and O–H groups in total. The van der Waals surface area contributed by atoms with Crippen LogP contribution in [0.4, 0.5) is 5.69 Å². The first-order chi connectivity index (χ1) is 9.45. The quantitative estimate of drug-likeness (QED) is 0.834. The molecule has 0 aromatic heterocycles. The molecule has 1 saturated heterocycles. The van der Waals surface area contributed by atoms with E-state index in [1.165, 1.54) is 0 Å². The van der Waals surface area contributed by atoms with Gasteiger partial charge in [-0.15, -0.1) is 0 Å². The number of aryl methyl sites for hydroxylation is 1. The molecule has 1 aromatic rings. The first kappa shape index (κ1) is 14.9. The van der Waals surface area contributed by atoms with Crippen molar-refractivity contribution in [3.05, 3.63) is 28.2 Å². The number of nitriles is 1. The molecule has 1 amide bonds. The van der Waals surface area contributed by atoms with Gasteiger partial charge in [0.1, 0.15) is 6.04 Å². The van der Waals surface area contributed by atoms with Crippen LogP contribution in [0.5, 0.6) is 0 Å². The topological polar surface area (TPSA) is 47.3 Å². The zero-order valence-corrected chi connectivity index (χ0v) is 13.5. The molecule has 0 radical (unpaired) electrons. The molecule has 1 fully saturated rings. The third-order valence-electron chi connectivity index (χ3n) is 3.89. The highest BCUT2D eigenvalue weighted by Crippen LogP contribution is 2.28. The van der Waals surface area contributed by atoms with Crippen LogP contribution in [0.2, 0.25) is 0 Å². The number of piperazine rings is 1. The molecule has 0 saturated carbocycles. The summed E-state index contributed by atoms with van der Waals surface area (Å²) in [4.78, 5) is 16.2. The largest absolute Gasteiger partial charge is 0.357 e. The summed E-state index contributed by atoms with van der Waals surface area (Å²) in [5, 5.41) is 9.00. The summed E-state index contributed by atoms with van der Waals surface area (Å²) in [5.74, 6) is 0.0193. The smallest absolute Gasteiger partial charge is 0.246 e. The number of amides is 1. The van der Waals surface area contributed by atoms with Crippen LogP contribution in [0.3, 0.4) is 0 Å². The minimum atomic E-state index is -0.387. The molecule has 2 rings (SSSR count). The Morgan fingerprint density at radius 1 is 1.50 bits per heavy atom. The maximum atomic E-state index is 12.4. The van der Waals surface area contributed by atoms with Gasteiger partial charge in [0.25, 0.3) is 0 Å². The van der Waals surface area contributed by atoms with Gasteiger partial charge in [0.05, 0.1) is 12.5 Å². The van der Waals surface area contributed by atoms with Crippen molar-refractivity contribution in [3.63, 3.8) is 0 Å². The Bertz CT molecular complexity index is 567. The van der Waals surface area contributed by atoms with Gasteiger partial charge in [-0.05, 0) is 37.6 Å². The molecular formula is C15H18BrN3O. The first-order valence-corrected chi connectivity index (χ1v) is 7.41. The van der Waals surface area contributed by atoms with Crippen LogP contribution in [0, 0.1) is 18.3 Å². The zero-order valence-electron chi connectivity index (χ0n) is 11.9. The lowest BCUT2D eigenvalue weighted by atomic mass is 10.0. The number of hydrogen-bond donors (Lipinski definition) is 0. The van der Waals surface area contributed by atoms with E-state index in [9.17, 15) is 4.79 Å². The number of benzene rings is 1. The van der Waals surface area contributed by atoms with E-state index < -0.39 is 0 Å². The lowest BCUT2D eigenvalue weighted by Gasteiger charge is -2.43. The Balaban J connectivity index is 2.38. The lowest BCUT2D eigenvalue weighted by Crippen LogP contribution is -2.59. The second kappa shape index (κ2) is 5.84.